The van der Waals surface area contributed by atoms with Crippen LogP contribution in [-0.2, 0) is 19.6 Å². The summed E-state index contributed by atoms with van der Waals surface area (Å²) in [7, 11) is -3.08. The first-order valence-electron chi connectivity index (χ1n) is 8.38. The number of carbonyl (C=O) groups is 1. The summed E-state index contributed by atoms with van der Waals surface area (Å²) in [5.41, 5.74) is -0.132. The topological polar surface area (TPSA) is 116 Å². The van der Waals surface area contributed by atoms with Crippen LogP contribution in [0.2, 0.25) is 5.02 Å². The Morgan fingerprint density at radius 3 is 2.52 bits per heavy atom. The van der Waals surface area contributed by atoms with E-state index in [1.54, 1.807) is 6.92 Å². The van der Waals surface area contributed by atoms with Crippen LogP contribution in [0.1, 0.15) is 12.5 Å². The molecule has 2 aromatic rings. The average Bonchev–Trinajstić information content (AvgIpc) is 2.66. The first-order chi connectivity index (χ1) is 13.6. The Bertz CT molecular complexity index is 1040. The summed E-state index contributed by atoms with van der Waals surface area (Å²) in [6, 6.07) is 7.74. The molecule has 9 nitrogen and oxygen atoms in total. The molecule has 0 aromatic heterocycles. The van der Waals surface area contributed by atoms with Crippen molar-refractivity contribution in [3.05, 3.63) is 57.1 Å². The number of ether oxygens (including phenoxy) is 2. The van der Waals surface area contributed by atoms with E-state index in [1.807, 2.05) is 0 Å². The van der Waals surface area contributed by atoms with Crippen LogP contribution in [0, 0.1) is 17.0 Å². The van der Waals surface area contributed by atoms with Crippen LogP contribution < -0.4 is 9.04 Å². The number of sulfonamides is 1. The van der Waals surface area contributed by atoms with E-state index in [2.05, 4.69) is 0 Å². The maximum atomic E-state index is 13.4. The zero-order valence-corrected chi connectivity index (χ0v) is 17.5. The second kappa shape index (κ2) is 9.10. The molecule has 2 rings (SSSR count). The highest BCUT2D eigenvalue weighted by atomic mass is 35.5. The van der Waals surface area contributed by atoms with Gasteiger partial charge in [0.1, 0.15) is 12.3 Å². The Labute approximate surface area is 173 Å². The van der Waals surface area contributed by atoms with Crippen LogP contribution in [0.25, 0.3) is 0 Å². The van der Waals surface area contributed by atoms with Crippen molar-refractivity contribution >= 4 is 39.0 Å². The number of carbonyl (C=O) groups excluding carboxylic acids is 1. The van der Waals surface area contributed by atoms with Gasteiger partial charge in [0.05, 0.1) is 29.2 Å². The SMILES string of the molecule is CCOC(=O)CN(c1cc(Cl)ccc1OC)S(=O)(=O)c1cc([N+](=O)[O-])ccc1C. The van der Waals surface area contributed by atoms with E-state index in [4.69, 9.17) is 21.1 Å². The van der Waals surface area contributed by atoms with Crippen LogP contribution in [-0.4, -0.2) is 39.6 Å². The predicted octanol–water partition coefficient (Wildman–Crippen LogP) is 3.32. The molecule has 0 amide bonds. The molecule has 156 valence electrons. The van der Waals surface area contributed by atoms with Crippen molar-refractivity contribution in [2.24, 2.45) is 0 Å². The molecular weight excluding hydrogens is 424 g/mol. The lowest BCUT2D eigenvalue weighted by molar-refractivity contribution is -0.385. The molecule has 0 aliphatic rings. The average molecular weight is 443 g/mol. The van der Waals surface area contributed by atoms with Crippen molar-refractivity contribution in [3.63, 3.8) is 0 Å². The first-order valence-corrected chi connectivity index (χ1v) is 10.2. The van der Waals surface area contributed by atoms with Gasteiger partial charge in [-0.25, -0.2) is 8.42 Å². The fraction of sp³-hybridized carbons (Fsp3) is 0.278. The lowest BCUT2D eigenvalue weighted by Crippen LogP contribution is -2.37. The molecule has 0 bridgehead atoms. The molecule has 29 heavy (non-hydrogen) atoms. The maximum absolute atomic E-state index is 13.4. The number of halogens is 1. The second-order valence-corrected chi connectivity index (χ2v) is 8.11. The zero-order chi connectivity index (χ0) is 21.8. The number of hydrogen-bond acceptors (Lipinski definition) is 7. The number of nitro groups is 1. The number of rotatable bonds is 8. The molecule has 0 saturated heterocycles. The minimum absolute atomic E-state index is 0.000964. The molecule has 0 fully saturated rings. The molecule has 0 aliphatic heterocycles. The molecule has 11 heteroatoms. The van der Waals surface area contributed by atoms with E-state index in [-0.39, 0.29) is 33.5 Å². The minimum Gasteiger partial charge on any atom is -0.495 e. The molecular formula is C18H19ClN2O7S. The number of non-ortho nitro benzene ring substituents is 1. The fourth-order valence-corrected chi connectivity index (χ4v) is 4.41. The van der Waals surface area contributed by atoms with Gasteiger partial charge >= 0.3 is 5.97 Å². The highest BCUT2D eigenvalue weighted by Crippen LogP contribution is 2.36. The maximum Gasteiger partial charge on any atom is 0.326 e. The van der Waals surface area contributed by atoms with Crippen LogP contribution in [0.15, 0.2) is 41.3 Å². The third kappa shape index (κ3) is 4.96. The number of nitrogens with zero attached hydrogens (tertiary/aromatic N) is 2. The van der Waals surface area contributed by atoms with Gasteiger partial charge in [0.2, 0.25) is 0 Å². The van der Waals surface area contributed by atoms with Gasteiger partial charge in [0.15, 0.2) is 0 Å². The lowest BCUT2D eigenvalue weighted by atomic mass is 10.2. The smallest absolute Gasteiger partial charge is 0.326 e. The third-order valence-corrected chi connectivity index (χ3v) is 6.08. The summed E-state index contributed by atoms with van der Waals surface area (Å²) in [6.07, 6.45) is 0. The Hall–Kier alpha value is -2.85. The Balaban J connectivity index is 2.71. The van der Waals surface area contributed by atoms with Crippen molar-refractivity contribution in [3.8, 4) is 5.75 Å². The Kier molecular flexibility index (Phi) is 7.04. The van der Waals surface area contributed by atoms with Gasteiger partial charge in [-0.15, -0.1) is 0 Å². The summed E-state index contributed by atoms with van der Waals surface area (Å²) >= 11 is 6.03. The molecule has 0 aliphatic carbocycles. The van der Waals surface area contributed by atoms with E-state index in [0.717, 1.165) is 10.4 Å². The van der Waals surface area contributed by atoms with Gasteiger partial charge in [-0.3, -0.25) is 19.2 Å². The Morgan fingerprint density at radius 2 is 1.93 bits per heavy atom. The summed E-state index contributed by atoms with van der Waals surface area (Å²) in [5.74, 6) is -0.661. The summed E-state index contributed by atoms with van der Waals surface area (Å²) < 4.78 is 37.8. The molecule has 2 aromatic carbocycles. The summed E-state index contributed by atoms with van der Waals surface area (Å²) in [5, 5.41) is 11.3. The second-order valence-electron chi connectivity index (χ2n) is 5.84. The number of methoxy groups -OCH3 is 1. The largest absolute Gasteiger partial charge is 0.495 e. The van der Waals surface area contributed by atoms with Crippen molar-refractivity contribution in [1.29, 1.82) is 0 Å². The van der Waals surface area contributed by atoms with Gasteiger partial charge < -0.3 is 9.47 Å². The van der Waals surface area contributed by atoms with Gasteiger partial charge in [-0.2, -0.15) is 0 Å². The van der Waals surface area contributed by atoms with Crippen molar-refractivity contribution in [1.82, 2.24) is 0 Å². The molecule has 0 N–H and O–H groups in total. The number of nitro benzene ring substituents is 1. The number of hydrogen-bond donors (Lipinski definition) is 0. The van der Waals surface area contributed by atoms with Crippen LogP contribution in [0.4, 0.5) is 11.4 Å². The molecule has 0 saturated carbocycles. The number of aryl methyl sites for hydroxylation is 1. The van der Waals surface area contributed by atoms with Gasteiger partial charge in [-0.05, 0) is 37.6 Å². The molecule has 0 spiro atoms. The van der Waals surface area contributed by atoms with Crippen molar-refractivity contribution in [2.75, 3.05) is 24.6 Å². The molecule has 0 heterocycles. The minimum atomic E-state index is -4.41. The summed E-state index contributed by atoms with van der Waals surface area (Å²) in [4.78, 5) is 22.2. The molecule has 0 unspecified atom stereocenters. The number of anilines is 1. The standard InChI is InChI=1S/C18H19ClN2O7S/c1-4-28-18(22)11-20(15-9-13(19)6-8-16(15)27-3)29(25,26)17-10-14(21(23)24)7-5-12(17)2/h5-10H,4,11H2,1-3H3. The van der Waals surface area contributed by atoms with Crippen LogP contribution >= 0.6 is 11.6 Å². The predicted molar refractivity (Wildman–Crippen MR) is 107 cm³/mol. The quantitative estimate of drug-likeness (QED) is 0.349. The zero-order valence-electron chi connectivity index (χ0n) is 15.9. The monoisotopic (exact) mass is 442 g/mol. The number of benzene rings is 2. The van der Waals surface area contributed by atoms with E-state index < -0.39 is 33.1 Å². The van der Waals surface area contributed by atoms with E-state index in [1.165, 1.54) is 44.4 Å². The summed E-state index contributed by atoms with van der Waals surface area (Å²) in [6.45, 7) is 2.46. The van der Waals surface area contributed by atoms with E-state index in [0.29, 0.717) is 0 Å². The highest BCUT2D eigenvalue weighted by molar-refractivity contribution is 7.93. The number of esters is 1. The molecule has 0 atom stereocenters. The van der Waals surface area contributed by atoms with Crippen LogP contribution in [0.3, 0.4) is 0 Å². The molecule has 0 radical (unpaired) electrons. The van der Waals surface area contributed by atoms with E-state index >= 15 is 0 Å². The van der Waals surface area contributed by atoms with Crippen molar-refractivity contribution < 1.29 is 27.6 Å². The fourth-order valence-electron chi connectivity index (χ4n) is 2.58. The lowest BCUT2D eigenvalue weighted by Gasteiger charge is -2.26. The normalized spacial score (nSPS) is 11.0. The Morgan fingerprint density at radius 1 is 1.24 bits per heavy atom. The first kappa shape index (κ1) is 22.4. The van der Waals surface area contributed by atoms with Gasteiger partial charge in [0.25, 0.3) is 15.7 Å². The van der Waals surface area contributed by atoms with Crippen LogP contribution in [0.5, 0.6) is 5.75 Å². The van der Waals surface area contributed by atoms with Gasteiger partial charge in [-0.1, -0.05) is 17.7 Å². The van der Waals surface area contributed by atoms with Gasteiger partial charge in [0, 0.05) is 17.2 Å². The highest BCUT2D eigenvalue weighted by Gasteiger charge is 2.32. The van der Waals surface area contributed by atoms with E-state index in [9.17, 15) is 23.3 Å². The third-order valence-electron chi connectivity index (χ3n) is 3.94. The van der Waals surface area contributed by atoms with Crippen molar-refractivity contribution in [2.45, 2.75) is 18.7 Å².